The summed E-state index contributed by atoms with van der Waals surface area (Å²) >= 11 is 9.33. The van der Waals surface area contributed by atoms with Gasteiger partial charge >= 0.3 is 0 Å². The highest BCUT2D eigenvalue weighted by Crippen LogP contribution is 2.28. The molecule has 0 unspecified atom stereocenters. The van der Waals surface area contributed by atoms with E-state index in [4.69, 9.17) is 17.3 Å². The van der Waals surface area contributed by atoms with Crippen molar-refractivity contribution in [2.45, 2.75) is 6.54 Å². The fourth-order valence-corrected chi connectivity index (χ4v) is 2.25. The van der Waals surface area contributed by atoms with E-state index in [0.29, 0.717) is 28.5 Å². The quantitative estimate of drug-likeness (QED) is 0.817. The second-order valence-electron chi connectivity index (χ2n) is 3.79. The molecule has 2 aromatic carbocycles. The van der Waals surface area contributed by atoms with Crippen LogP contribution in [0, 0.1) is 5.82 Å². The molecule has 18 heavy (non-hydrogen) atoms. The molecule has 2 nitrogen and oxygen atoms in total. The van der Waals surface area contributed by atoms with Crippen molar-refractivity contribution < 1.29 is 4.39 Å². The summed E-state index contributed by atoms with van der Waals surface area (Å²) in [5.41, 5.74) is 7.51. The fraction of sp³-hybridized carbons (Fsp3) is 0.0769. The molecular formula is C13H11BrClFN2. The number of benzene rings is 2. The number of hydrogen-bond acceptors (Lipinski definition) is 2. The molecule has 0 radical (unpaired) electrons. The molecule has 0 spiro atoms. The molecule has 0 aliphatic rings. The minimum Gasteiger partial charge on any atom is -0.397 e. The normalized spacial score (nSPS) is 10.4. The molecule has 0 heterocycles. The van der Waals surface area contributed by atoms with E-state index in [1.54, 1.807) is 30.3 Å². The topological polar surface area (TPSA) is 38.0 Å². The number of nitrogens with two attached hydrogens (primary N) is 1. The van der Waals surface area contributed by atoms with Gasteiger partial charge in [-0.15, -0.1) is 0 Å². The minimum absolute atomic E-state index is 0.267. The van der Waals surface area contributed by atoms with E-state index in [9.17, 15) is 4.39 Å². The Bertz CT molecular complexity index is 555. The molecule has 0 saturated heterocycles. The third kappa shape index (κ3) is 2.94. The second-order valence-corrected chi connectivity index (χ2v) is 5.12. The van der Waals surface area contributed by atoms with Gasteiger partial charge in [-0.1, -0.05) is 33.6 Å². The Labute approximate surface area is 118 Å². The van der Waals surface area contributed by atoms with Gasteiger partial charge in [-0.25, -0.2) is 4.39 Å². The largest absolute Gasteiger partial charge is 0.397 e. The maximum atomic E-state index is 13.5. The average Bonchev–Trinajstić information content (AvgIpc) is 2.33. The Kier molecular flexibility index (Phi) is 4.09. The fourth-order valence-electron chi connectivity index (χ4n) is 1.59. The predicted octanol–water partition coefficient (Wildman–Crippen LogP) is 4.44. The molecule has 94 valence electrons. The van der Waals surface area contributed by atoms with Crippen LogP contribution in [0.15, 0.2) is 40.9 Å². The Morgan fingerprint density at radius 2 is 2.06 bits per heavy atom. The van der Waals surface area contributed by atoms with Crippen LogP contribution in [-0.4, -0.2) is 0 Å². The maximum Gasteiger partial charge on any atom is 0.128 e. The van der Waals surface area contributed by atoms with Crippen LogP contribution in [0.2, 0.25) is 5.02 Å². The molecule has 0 aliphatic heterocycles. The van der Waals surface area contributed by atoms with Crippen LogP contribution in [-0.2, 0) is 6.54 Å². The smallest absolute Gasteiger partial charge is 0.128 e. The molecule has 0 atom stereocenters. The van der Waals surface area contributed by atoms with Crippen molar-refractivity contribution in [3.63, 3.8) is 0 Å². The highest BCUT2D eigenvalue weighted by Gasteiger charge is 2.06. The van der Waals surface area contributed by atoms with Crippen LogP contribution in [0.25, 0.3) is 0 Å². The molecule has 2 rings (SSSR count). The third-order valence-electron chi connectivity index (χ3n) is 2.51. The maximum absolute atomic E-state index is 13.5. The molecule has 3 N–H and O–H groups in total. The number of rotatable bonds is 3. The lowest BCUT2D eigenvalue weighted by Crippen LogP contribution is -2.04. The first-order chi connectivity index (χ1) is 8.58. The van der Waals surface area contributed by atoms with Gasteiger partial charge in [0.05, 0.1) is 16.4 Å². The lowest BCUT2D eigenvalue weighted by Gasteiger charge is -2.11. The van der Waals surface area contributed by atoms with Crippen LogP contribution < -0.4 is 11.1 Å². The number of nitrogens with one attached hydrogen (secondary N) is 1. The van der Waals surface area contributed by atoms with Gasteiger partial charge in [-0.2, -0.15) is 0 Å². The molecule has 0 amide bonds. The van der Waals surface area contributed by atoms with E-state index in [0.717, 1.165) is 4.47 Å². The van der Waals surface area contributed by atoms with Crippen LogP contribution in [0.4, 0.5) is 15.8 Å². The molecule has 0 saturated carbocycles. The third-order valence-corrected chi connectivity index (χ3v) is 3.32. The van der Waals surface area contributed by atoms with E-state index < -0.39 is 0 Å². The number of halogens is 3. The summed E-state index contributed by atoms with van der Waals surface area (Å²) in [6.07, 6.45) is 0. The summed E-state index contributed by atoms with van der Waals surface area (Å²) in [6, 6.07) is 10.0. The summed E-state index contributed by atoms with van der Waals surface area (Å²) in [5, 5.41) is 3.57. The molecule has 2 aromatic rings. The van der Waals surface area contributed by atoms with Gasteiger partial charge in [0.15, 0.2) is 0 Å². The summed E-state index contributed by atoms with van der Waals surface area (Å²) < 4.78 is 14.4. The van der Waals surface area contributed by atoms with Crippen molar-refractivity contribution in [3.8, 4) is 0 Å². The summed E-state index contributed by atoms with van der Waals surface area (Å²) in [7, 11) is 0. The van der Waals surface area contributed by atoms with Crippen molar-refractivity contribution >= 4 is 38.9 Å². The average molecular weight is 330 g/mol. The first-order valence-electron chi connectivity index (χ1n) is 5.29. The van der Waals surface area contributed by atoms with Gasteiger partial charge in [0.25, 0.3) is 0 Å². The van der Waals surface area contributed by atoms with Crippen LogP contribution >= 0.6 is 27.5 Å². The standard InChI is InChI=1S/C13H11BrClFN2/c14-9-4-5-11(16)8(6-9)7-18-13-10(15)2-1-3-12(13)17/h1-6,18H,7,17H2. The second kappa shape index (κ2) is 5.59. The molecule has 0 bridgehead atoms. The molecule has 0 aliphatic carbocycles. The van der Waals surface area contributed by atoms with Gasteiger partial charge in [0.1, 0.15) is 5.82 Å². The van der Waals surface area contributed by atoms with Crippen LogP contribution in [0.5, 0.6) is 0 Å². The Hall–Kier alpha value is -1.26. The van der Waals surface area contributed by atoms with E-state index in [2.05, 4.69) is 21.2 Å². The zero-order valence-electron chi connectivity index (χ0n) is 9.38. The SMILES string of the molecule is Nc1cccc(Cl)c1NCc1cc(Br)ccc1F. The molecular weight excluding hydrogens is 319 g/mol. The summed E-state index contributed by atoms with van der Waals surface area (Å²) in [4.78, 5) is 0. The Balaban J connectivity index is 2.19. The van der Waals surface area contributed by atoms with Gasteiger partial charge in [-0.3, -0.25) is 0 Å². The zero-order chi connectivity index (χ0) is 13.1. The van der Waals surface area contributed by atoms with E-state index in [1.165, 1.54) is 6.07 Å². The van der Waals surface area contributed by atoms with E-state index in [1.807, 2.05) is 0 Å². The first kappa shape index (κ1) is 13.2. The zero-order valence-corrected chi connectivity index (χ0v) is 11.7. The molecule has 5 heteroatoms. The number of nitrogen functional groups attached to an aromatic ring is 1. The van der Waals surface area contributed by atoms with E-state index >= 15 is 0 Å². The van der Waals surface area contributed by atoms with E-state index in [-0.39, 0.29) is 5.82 Å². The van der Waals surface area contributed by atoms with Crippen molar-refractivity contribution in [2.75, 3.05) is 11.1 Å². The monoisotopic (exact) mass is 328 g/mol. The van der Waals surface area contributed by atoms with Crippen molar-refractivity contribution in [1.82, 2.24) is 0 Å². The van der Waals surface area contributed by atoms with Crippen molar-refractivity contribution in [2.24, 2.45) is 0 Å². The molecule has 0 aromatic heterocycles. The minimum atomic E-state index is -0.267. The van der Waals surface area contributed by atoms with Gasteiger partial charge in [0.2, 0.25) is 0 Å². The first-order valence-corrected chi connectivity index (χ1v) is 6.47. The number of anilines is 2. The van der Waals surface area contributed by atoms with Crippen molar-refractivity contribution in [3.05, 3.63) is 57.3 Å². The summed E-state index contributed by atoms with van der Waals surface area (Å²) in [5.74, 6) is -0.267. The summed E-state index contributed by atoms with van der Waals surface area (Å²) in [6.45, 7) is 0.319. The highest BCUT2D eigenvalue weighted by molar-refractivity contribution is 9.10. The lowest BCUT2D eigenvalue weighted by molar-refractivity contribution is 0.612. The molecule has 0 fully saturated rings. The number of para-hydroxylation sites is 1. The van der Waals surface area contributed by atoms with Gasteiger partial charge < -0.3 is 11.1 Å². The highest BCUT2D eigenvalue weighted by atomic mass is 79.9. The van der Waals surface area contributed by atoms with Gasteiger partial charge in [-0.05, 0) is 30.3 Å². The van der Waals surface area contributed by atoms with Crippen molar-refractivity contribution in [1.29, 1.82) is 0 Å². The van der Waals surface area contributed by atoms with Gasteiger partial charge in [0, 0.05) is 16.6 Å². The Morgan fingerprint density at radius 3 is 2.78 bits per heavy atom. The number of hydrogen-bond donors (Lipinski definition) is 2. The lowest BCUT2D eigenvalue weighted by atomic mass is 10.2. The van der Waals surface area contributed by atoms with Crippen LogP contribution in [0.3, 0.4) is 0 Å². The predicted molar refractivity (Wildman–Crippen MR) is 77.3 cm³/mol. The Morgan fingerprint density at radius 1 is 1.28 bits per heavy atom. The van der Waals surface area contributed by atoms with Crippen LogP contribution in [0.1, 0.15) is 5.56 Å².